The molecule has 2 N–H and O–H groups in total. The van der Waals surface area contributed by atoms with Crippen LogP contribution in [0.4, 0.5) is 4.39 Å². The van der Waals surface area contributed by atoms with E-state index in [1.165, 1.54) is 12.1 Å². The number of aliphatic hydroxyl groups excluding tert-OH is 2. The van der Waals surface area contributed by atoms with E-state index in [4.69, 9.17) is 11.6 Å². The lowest BCUT2D eigenvalue weighted by molar-refractivity contribution is 0.0164. The molecule has 1 aromatic rings. The molecule has 0 aliphatic carbocycles. The van der Waals surface area contributed by atoms with Crippen molar-refractivity contribution >= 4 is 11.6 Å². The Balaban J connectivity index is 2.90. The summed E-state index contributed by atoms with van der Waals surface area (Å²) in [7, 11) is 0. The second-order valence-corrected chi connectivity index (χ2v) is 3.82. The molecule has 15 heavy (non-hydrogen) atoms. The molecule has 4 heteroatoms. The van der Waals surface area contributed by atoms with E-state index in [0.717, 1.165) is 0 Å². The molecule has 0 saturated carbocycles. The van der Waals surface area contributed by atoms with Gasteiger partial charge in [-0.05, 0) is 30.5 Å². The van der Waals surface area contributed by atoms with E-state index in [2.05, 4.69) is 0 Å². The van der Waals surface area contributed by atoms with Crippen LogP contribution in [0.1, 0.15) is 23.7 Å². The molecule has 0 saturated heterocycles. The summed E-state index contributed by atoms with van der Waals surface area (Å²) in [6, 6.07) is 4.42. The first-order valence-electron chi connectivity index (χ1n) is 4.75. The van der Waals surface area contributed by atoms with Crippen molar-refractivity contribution in [3.8, 4) is 0 Å². The quantitative estimate of drug-likeness (QED) is 0.781. The standard InChI is InChI=1S/C11H14ClFO2/c1-7-8(3-2-4-9(7)13)11(15)10(14)5-6-12/h2-4,10-11,14-15H,5-6H2,1H3. The van der Waals surface area contributed by atoms with Gasteiger partial charge >= 0.3 is 0 Å². The third-order valence-corrected chi connectivity index (χ3v) is 2.62. The minimum absolute atomic E-state index is 0.257. The van der Waals surface area contributed by atoms with Crippen molar-refractivity contribution in [3.63, 3.8) is 0 Å². The lowest BCUT2D eigenvalue weighted by Crippen LogP contribution is -2.19. The zero-order chi connectivity index (χ0) is 11.4. The third-order valence-electron chi connectivity index (χ3n) is 2.40. The van der Waals surface area contributed by atoms with Gasteiger partial charge in [0.2, 0.25) is 0 Å². The normalized spacial score (nSPS) is 15.0. The first kappa shape index (κ1) is 12.4. The molecule has 0 aromatic heterocycles. The van der Waals surface area contributed by atoms with Crippen LogP contribution in [-0.4, -0.2) is 22.2 Å². The van der Waals surface area contributed by atoms with Gasteiger partial charge in [0.05, 0.1) is 6.10 Å². The molecule has 2 nitrogen and oxygen atoms in total. The van der Waals surface area contributed by atoms with Crippen LogP contribution in [0, 0.1) is 12.7 Å². The van der Waals surface area contributed by atoms with E-state index in [-0.39, 0.29) is 18.1 Å². The Morgan fingerprint density at radius 1 is 1.40 bits per heavy atom. The minimum Gasteiger partial charge on any atom is -0.390 e. The van der Waals surface area contributed by atoms with E-state index in [1.54, 1.807) is 13.0 Å². The molecule has 0 bridgehead atoms. The third kappa shape index (κ3) is 2.91. The van der Waals surface area contributed by atoms with Gasteiger partial charge in [-0.2, -0.15) is 0 Å². The van der Waals surface area contributed by atoms with Gasteiger partial charge in [0.15, 0.2) is 0 Å². The van der Waals surface area contributed by atoms with Crippen molar-refractivity contribution in [2.45, 2.75) is 25.6 Å². The zero-order valence-corrected chi connectivity index (χ0v) is 9.21. The van der Waals surface area contributed by atoms with Crippen LogP contribution in [0.25, 0.3) is 0 Å². The molecule has 0 aliphatic heterocycles. The summed E-state index contributed by atoms with van der Waals surface area (Å²) in [5.41, 5.74) is 0.770. The molecule has 0 amide bonds. The topological polar surface area (TPSA) is 40.5 Å². The summed E-state index contributed by atoms with van der Waals surface area (Å²) in [6.45, 7) is 1.57. The molecular formula is C11H14ClFO2. The molecule has 0 fully saturated rings. The Kier molecular flexibility index (Phi) is 4.51. The van der Waals surface area contributed by atoms with Gasteiger partial charge in [0, 0.05) is 5.88 Å². The Labute approximate surface area is 93.3 Å². The Hall–Kier alpha value is -0.640. The molecule has 0 heterocycles. The first-order valence-corrected chi connectivity index (χ1v) is 5.28. The number of hydrogen-bond donors (Lipinski definition) is 2. The van der Waals surface area contributed by atoms with Gasteiger partial charge in [0.1, 0.15) is 11.9 Å². The predicted octanol–water partition coefficient (Wildman–Crippen LogP) is 2.16. The Morgan fingerprint density at radius 2 is 2.07 bits per heavy atom. The molecule has 0 aliphatic rings. The Bertz CT molecular complexity index is 330. The van der Waals surface area contributed by atoms with Gasteiger partial charge in [0.25, 0.3) is 0 Å². The molecule has 0 spiro atoms. The van der Waals surface area contributed by atoms with Crippen molar-refractivity contribution < 1.29 is 14.6 Å². The lowest BCUT2D eigenvalue weighted by atomic mass is 9.98. The molecule has 2 atom stereocenters. The van der Waals surface area contributed by atoms with E-state index in [1.807, 2.05) is 0 Å². The highest BCUT2D eigenvalue weighted by Crippen LogP contribution is 2.24. The maximum Gasteiger partial charge on any atom is 0.126 e. The highest BCUT2D eigenvalue weighted by atomic mass is 35.5. The number of alkyl halides is 1. The monoisotopic (exact) mass is 232 g/mol. The number of aliphatic hydroxyl groups is 2. The molecule has 1 aromatic carbocycles. The summed E-state index contributed by atoms with van der Waals surface area (Å²) in [5.74, 6) is -0.128. The van der Waals surface area contributed by atoms with Crippen LogP contribution >= 0.6 is 11.6 Å². The van der Waals surface area contributed by atoms with Gasteiger partial charge < -0.3 is 10.2 Å². The average Bonchev–Trinajstić information content (AvgIpc) is 2.21. The number of hydrogen-bond acceptors (Lipinski definition) is 2. The average molecular weight is 233 g/mol. The number of halogens is 2. The van der Waals surface area contributed by atoms with E-state index in [9.17, 15) is 14.6 Å². The summed E-state index contributed by atoms with van der Waals surface area (Å²) in [6.07, 6.45) is -1.76. The van der Waals surface area contributed by atoms with Crippen molar-refractivity contribution in [2.24, 2.45) is 0 Å². The van der Waals surface area contributed by atoms with Crippen LogP contribution in [0.3, 0.4) is 0 Å². The van der Waals surface area contributed by atoms with Gasteiger partial charge in [-0.1, -0.05) is 12.1 Å². The maximum atomic E-state index is 13.2. The number of benzene rings is 1. The summed E-state index contributed by atoms with van der Waals surface area (Å²) >= 11 is 5.45. The smallest absolute Gasteiger partial charge is 0.126 e. The number of rotatable bonds is 4. The maximum absolute atomic E-state index is 13.2. The summed E-state index contributed by atoms with van der Waals surface area (Å²) < 4.78 is 13.2. The van der Waals surface area contributed by atoms with Crippen molar-refractivity contribution in [1.29, 1.82) is 0 Å². The summed E-state index contributed by atoms with van der Waals surface area (Å²) in [4.78, 5) is 0. The fourth-order valence-corrected chi connectivity index (χ4v) is 1.65. The van der Waals surface area contributed by atoms with E-state index >= 15 is 0 Å². The zero-order valence-electron chi connectivity index (χ0n) is 8.45. The second-order valence-electron chi connectivity index (χ2n) is 3.44. The van der Waals surface area contributed by atoms with E-state index < -0.39 is 12.2 Å². The molecule has 0 radical (unpaired) electrons. The molecular weight excluding hydrogens is 219 g/mol. The minimum atomic E-state index is -1.08. The van der Waals surface area contributed by atoms with Crippen LogP contribution < -0.4 is 0 Å². The summed E-state index contributed by atoms with van der Waals surface area (Å²) in [5, 5.41) is 19.3. The van der Waals surface area contributed by atoms with Crippen LogP contribution in [-0.2, 0) is 0 Å². The van der Waals surface area contributed by atoms with Crippen LogP contribution in [0.2, 0.25) is 0 Å². The molecule has 1 rings (SSSR count). The van der Waals surface area contributed by atoms with Crippen LogP contribution in [0.5, 0.6) is 0 Å². The highest BCUT2D eigenvalue weighted by Gasteiger charge is 2.20. The van der Waals surface area contributed by atoms with Crippen LogP contribution in [0.15, 0.2) is 18.2 Å². The second kappa shape index (κ2) is 5.45. The SMILES string of the molecule is Cc1c(F)cccc1C(O)C(O)CCCl. The highest BCUT2D eigenvalue weighted by molar-refractivity contribution is 6.17. The molecule has 84 valence electrons. The molecule has 2 unspecified atom stereocenters. The fraction of sp³-hybridized carbons (Fsp3) is 0.455. The fourth-order valence-electron chi connectivity index (χ4n) is 1.42. The Morgan fingerprint density at radius 3 is 2.67 bits per heavy atom. The van der Waals surface area contributed by atoms with Crippen molar-refractivity contribution in [1.82, 2.24) is 0 Å². The largest absolute Gasteiger partial charge is 0.390 e. The van der Waals surface area contributed by atoms with Crippen molar-refractivity contribution in [2.75, 3.05) is 5.88 Å². The van der Waals surface area contributed by atoms with Gasteiger partial charge in [-0.25, -0.2) is 4.39 Å². The first-order chi connectivity index (χ1) is 7.07. The van der Waals surface area contributed by atoms with Crippen molar-refractivity contribution in [3.05, 3.63) is 35.1 Å². The lowest BCUT2D eigenvalue weighted by Gasteiger charge is -2.19. The predicted molar refractivity (Wildman–Crippen MR) is 57.4 cm³/mol. The van der Waals surface area contributed by atoms with E-state index in [0.29, 0.717) is 11.1 Å². The van der Waals surface area contributed by atoms with Gasteiger partial charge in [-0.3, -0.25) is 0 Å². The van der Waals surface area contributed by atoms with Gasteiger partial charge in [-0.15, -0.1) is 11.6 Å².